The van der Waals surface area contributed by atoms with Crippen molar-refractivity contribution in [3.05, 3.63) is 80.0 Å². The first-order chi connectivity index (χ1) is 30.8. The number of hydrogen-bond donors (Lipinski definition) is 2. The lowest BCUT2D eigenvalue weighted by molar-refractivity contribution is -0.153. The summed E-state index contributed by atoms with van der Waals surface area (Å²) in [7, 11) is -7.67. The van der Waals surface area contributed by atoms with Gasteiger partial charge in [0.25, 0.3) is 0 Å². The van der Waals surface area contributed by atoms with Crippen LogP contribution in [0.15, 0.2) is 65.8 Å². The first kappa shape index (κ1) is 48.8. The van der Waals surface area contributed by atoms with Crippen LogP contribution in [0.25, 0.3) is 54.1 Å². The molecule has 2 N–H and O–H groups in total. The topological polar surface area (TPSA) is 174 Å². The molecular formula is C39H31Cl4F6N5O8S4. The quantitative estimate of drug-likeness (QED) is 0.0535. The second-order valence-corrected chi connectivity index (χ2v) is 22.4. The molecule has 0 aliphatic heterocycles. The summed E-state index contributed by atoms with van der Waals surface area (Å²) in [4.78, 5) is 1.79. The number of aromatic nitrogens is 4. The van der Waals surface area contributed by atoms with Crippen molar-refractivity contribution in [1.82, 2.24) is 24.5 Å². The smallest absolute Gasteiger partial charge is 0.397 e. The summed E-state index contributed by atoms with van der Waals surface area (Å²) in [5.74, 6) is -4.28. The van der Waals surface area contributed by atoms with Gasteiger partial charge in [0.1, 0.15) is 54.8 Å². The van der Waals surface area contributed by atoms with Crippen molar-refractivity contribution in [2.75, 3.05) is 20.1 Å². The number of hydrogen-bond acceptors (Lipinski definition) is 11. The Kier molecular flexibility index (Phi) is 13.3. The predicted octanol–water partition coefficient (Wildman–Crippen LogP) is 13.4. The molecule has 2 unspecified atom stereocenters. The SMILES string of the molecule is CN(CCCCC(c1nn(-c2ccc(Cl)cc2Cl)c2c1oc1cc(S(=O)(=O)O)sc12)C(F)(F)F)CCCCC(c1nn(-c2ccc(Cl)cc2Cl)c2c1oc1cc(S(=O)(=O)O)sc12)C(F)(F)F. The van der Waals surface area contributed by atoms with Crippen LogP contribution in [0.2, 0.25) is 20.1 Å². The third kappa shape index (κ3) is 9.67. The zero-order valence-corrected chi connectivity index (χ0v) is 39.7. The zero-order chi connectivity index (χ0) is 47.8. The average molecular weight is 1080 g/mol. The molecule has 0 aliphatic rings. The first-order valence-electron chi connectivity index (χ1n) is 19.4. The molecule has 0 aliphatic carbocycles. The number of benzene rings is 2. The van der Waals surface area contributed by atoms with Crippen molar-refractivity contribution < 1.29 is 61.1 Å². The van der Waals surface area contributed by atoms with E-state index in [0.717, 1.165) is 21.5 Å². The lowest BCUT2D eigenvalue weighted by Gasteiger charge is -2.21. The molecule has 0 spiro atoms. The van der Waals surface area contributed by atoms with Crippen LogP contribution in [0.5, 0.6) is 0 Å². The fraction of sp³-hybridized carbons (Fsp3) is 0.333. The largest absolute Gasteiger partial charge is 0.451 e. The van der Waals surface area contributed by atoms with E-state index in [-0.39, 0.29) is 99.9 Å². The van der Waals surface area contributed by atoms with Crippen molar-refractivity contribution >= 4 is 132 Å². The Morgan fingerprint density at radius 3 is 1.36 bits per heavy atom. The predicted molar refractivity (Wildman–Crippen MR) is 240 cm³/mol. The molecule has 66 heavy (non-hydrogen) atoms. The molecule has 0 saturated heterocycles. The van der Waals surface area contributed by atoms with Crippen molar-refractivity contribution in [3.63, 3.8) is 0 Å². The van der Waals surface area contributed by atoms with Crippen molar-refractivity contribution in [2.45, 2.75) is 71.1 Å². The number of thiophene rings is 2. The summed E-state index contributed by atoms with van der Waals surface area (Å²) in [5.41, 5.74) is -1.34. The second-order valence-electron chi connectivity index (χ2n) is 15.3. The molecule has 354 valence electrons. The summed E-state index contributed by atoms with van der Waals surface area (Å²) >= 11 is 26.2. The maximum Gasteiger partial charge on any atom is 0.397 e. The number of halogens is 10. The van der Waals surface area contributed by atoms with Gasteiger partial charge in [-0.25, -0.2) is 9.36 Å². The summed E-state index contributed by atoms with van der Waals surface area (Å²) in [6.07, 6.45) is -9.86. The van der Waals surface area contributed by atoms with E-state index < -0.39 is 77.1 Å². The molecule has 0 amide bonds. The van der Waals surface area contributed by atoms with Crippen LogP contribution in [0.3, 0.4) is 0 Å². The Bertz CT molecular complexity index is 3160. The Balaban J connectivity index is 0.961. The summed E-state index contributed by atoms with van der Waals surface area (Å²) in [5, 5.41) is 9.14. The van der Waals surface area contributed by atoms with Crippen molar-refractivity contribution in [3.8, 4) is 11.4 Å². The maximum atomic E-state index is 14.9. The molecule has 13 nitrogen and oxygen atoms in total. The van der Waals surface area contributed by atoms with E-state index in [2.05, 4.69) is 10.2 Å². The van der Waals surface area contributed by atoms with Gasteiger partial charge in [-0.2, -0.15) is 53.4 Å². The van der Waals surface area contributed by atoms with Gasteiger partial charge in [0.15, 0.2) is 19.6 Å². The Hall–Kier alpha value is -3.62. The highest BCUT2D eigenvalue weighted by atomic mass is 35.5. The molecule has 0 bridgehead atoms. The number of nitrogens with zero attached hydrogens (tertiary/aromatic N) is 5. The lowest BCUT2D eigenvalue weighted by atomic mass is 9.96. The third-order valence-corrected chi connectivity index (χ3v) is 16.7. The van der Waals surface area contributed by atoms with Gasteiger partial charge in [-0.3, -0.25) is 9.11 Å². The number of fused-ring (bicyclic) bond motifs is 6. The summed E-state index contributed by atoms with van der Waals surface area (Å²) < 4.78 is 169. The first-order valence-corrected chi connectivity index (χ1v) is 25.4. The van der Waals surface area contributed by atoms with E-state index in [9.17, 15) is 52.3 Å². The van der Waals surface area contributed by atoms with Crippen LogP contribution < -0.4 is 0 Å². The van der Waals surface area contributed by atoms with Gasteiger partial charge in [-0.05, 0) is 82.2 Å². The number of alkyl halides is 6. The fourth-order valence-corrected chi connectivity index (χ4v) is 12.2. The Morgan fingerprint density at radius 1 is 0.652 bits per heavy atom. The van der Waals surface area contributed by atoms with Gasteiger partial charge in [0.05, 0.1) is 21.4 Å². The molecule has 27 heteroatoms. The van der Waals surface area contributed by atoms with Crippen molar-refractivity contribution in [2.24, 2.45) is 0 Å². The molecule has 0 radical (unpaired) electrons. The molecule has 6 aromatic heterocycles. The highest BCUT2D eigenvalue weighted by Gasteiger charge is 2.46. The van der Waals surface area contributed by atoms with Gasteiger partial charge in [-0.15, -0.1) is 22.7 Å². The third-order valence-electron chi connectivity index (χ3n) is 10.7. The Morgan fingerprint density at radius 2 is 1.03 bits per heavy atom. The number of rotatable bonds is 16. The molecule has 2 aromatic carbocycles. The van der Waals surface area contributed by atoms with Crippen molar-refractivity contribution in [1.29, 1.82) is 0 Å². The van der Waals surface area contributed by atoms with E-state index in [1.807, 2.05) is 0 Å². The molecule has 6 heterocycles. The fourth-order valence-electron chi connectivity index (χ4n) is 7.70. The van der Waals surface area contributed by atoms with E-state index >= 15 is 0 Å². The molecule has 8 aromatic rings. The van der Waals surface area contributed by atoms with Crippen LogP contribution in [0.4, 0.5) is 26.3 Å². The van der Waals surface area contributed by atoms with E-state index in [0.29, 0.717) is 35.8 Å². The Labute approximate surface area is 397 Å². The minimum absolute atomic E-state index is 0.00726. The molecule has 0 saturated carbocycles. The van der Waals surface area contributed by atoms with Crippen LogP contribution in [-0.2, 0) is 20.2 Å². The minimum Gasteiger partial charge on any atom is -0.451 e. The second kappa shape index (κ2) is 18.0. The van der Waals surface area contributed by atoms with Crippen LogP contribution >= 0.6 is 69.1 Å². The molecular weight excluding hydrogens is 1050 g/mol. The molecule has 2 atom stereocenters. The average Bonchev–Trinajstić information content (AvgIpc) is 4.03. The highest BCUT2D eigenvalue weighted by Crippen LogP contribution is 2.48. The van der Waals surface area contributed by atoms with Gasteiger partial charge >= 0.3 is 32.6 Å². The highest BCUT2D eigenvalue weighted by molar-refractivity contribution is 7.88. The van der Waals surface area contributed by atoms with Gasteiger partial charge in [0.2, 0.25) is 0 Å². The van der Waals surface area contributed by atoms with E-state index in [4.69, 9.17) is 55.2 Å². The van der Waals surface area contributed by atoms with Gasteiger partial charge in [0, 0.05) is 22.2 Å². The monoisotopic (exact) mass is 1080 g/mol. The lowest BCUT2D eigenvalue weighted by Crippen LogP contribution is -2.24. The standard InChI is InChI=1S/C39H31Cl4F6N5O8S4/c1-52(12-4-2-6-20(38(44,45)46)30-34-32(36-26(61-34)16-28(63-36)65(55,56)57)53(50-30)24-10-8-18(40)14-22(24)42)13-5-3-7-21(39(47,48)49)31-35-33(37-27(62-35)17-29(64-37)66(58,59)60)54(51-31)25-11-9-19(41)15-23(25)43/h8-11,14-17,20-21H,2-7,12-13H2,1H3,(H,55,56,57)(H,58,59,60). The van der Waals surface area contributed by atoms with E-state index in [1.54, 1.807) is 11.9 Å². The normalized spacial score (nSPS) is 14.3. The van der Waals surface area contributed by atoms with Gasteiger partial charge < -0.3 is 13.7 Å². The molecule has 8 rings (SSSR count). The zero-order valence-electron chi connectivity index (χ0n) is 33.4. The maximum absolute atomic E-state index is 14.9. The van der Waals surface area contributed by atoms with Crippen LogP contribution in [0.1, 0.15) is 61.7 Å². The van der Waals surface area contributed by atoms with Crippen LogP contribution in [-0.4, -0.2) is 82.9 Å². The van der Waals surface area contributed by atoms with Gasteiger partial charge in [-0.1, -0.05) is 59.2 Å². The summed E-state index contributed by atoms with van der Waals surface area (Å²) in [6, 6.07) is 10.5. The molecule has 0 fully saturated rings. The van der Waals surface area contributed by atoms with E-state index in [1.165, 1.54) is 36.4 Å². The summed E-state index contributed by atoms with van der Waals surface area (Å²) in [6.45, 7) is 0.599. The number of furan rings is 2. The minimum atomic E-state index is -4.81. The number of unbranched alkanes of at least 4 members (excludes halogenated alkanes) is 2. The van der Waals surface area contributed by atoms with Crippen LogP contribution in [0, 0.1) is 0 Å².